The molecule has 0 fully saturated rings. The average molecular weight is 258 g/mol. The second-order valence-corrected chi connectivity index (χ2v) is 5.62. The molecule has 2 aromatic carbocycles. The number of fused-ring (bicyclic) bond motifs is 6. The molecule has 0 saturated carbocycles. The molecule has 2 nitrogen and oxygen atoms in total. The third-order valence-corrected chi connectivity index (χ3v) is 4.47. The Morgan fingerprint density at radius 1 is 1.05 bits per heavy atom. The quantitative estimate of drug-likeness (QED) is 0.502. The number of aromatic nitrogens is 1. The van der Waals surface area contributed by atoms with E-state index in [0.717, 1.165) is 11.0 Å². The monoisotopic (exact) mass is 258 g/mol. The van der Waals surface area contributed by atoms with E-state index in [2.05, 4.69) is 47.5 Å². The number of aryl methyl sites for hydroxylation is 1. The van der Waals surface area contributed by atoms with Gasteiger partial charge < -0.3 is 4.98 Å². The average Bonchev–Trinajstić information content (AvgIpc) is 3.04. The molecular weight excluding hydrogens is 244 g/mol. The van der Waals surface area contributed by atoms with Crippen molar-refractivity contribution in [3.63, 3.8) is 0 Å². The normalized spacial score (nSPS) is 15.2. The van der Waals surface area contributed by atoms with Crippen molar-refractivity contribution in [3.05, 3.63) is 63.1 Å². The van der Waals surface area contributed by atoms with E-state index in [9.17, 15) is 0 Å². The van der Waals surface area contributed by atoms with Gasteiger partial charge in [0.05, 0.1) is 11.0 Å². The highest BCUT2D eigenvalue weighted by atomic mass is 14.8. The Kier molecular flexibility index (Phi) is 1.88. The van der Waals surface area contributed by atoms with Crippen LogP contribution >= 0.6 is 0 Å². The molecule has 2 heterocycles. The number of hydrogen-bond acceptors (Lipinski definition) is 1. The predicted molar refractivity (Wildman–Crippen MR) is 80.3 cm³/mol. The van der Waals surface area contributed by atoms with Crippen molar-refractivity contribution in [1.82, 2.24) is 4.98 Å². The first-order valence-electron chi connectivity index (χ1n) is 7.24. The lowest BCUT2D eigenvalue weighted by Gasteiger charge is -2.04. The largest absolute Gasteiger partial charge is 0.355 e. The number of para-hydroxylation sites is 1. The first-order valence-corrected chi connectivity index (χ1v) is 7.24. The van der Waals surface area contributed by atoms with Crippen molar-refractivity contribution in [2.45, 2.75) is 19.3 Å². The smallest absolute Gasteiger partial charge is 0.0724 e. The Balaban J connectivity index is 2.15. The van der Waals surface area contributed by atoms with Gasteiger partial charge in [-0.3, -0.25) is 0 Å². The fraction of sp³-hybridized carbons (Fsp3) is 0.167. The molecule has 0 atom stereocenters. The Bertz CT molecular complexity index is 1070. The van der Waals surface area contributed by atoms with Crippen LogP contribution in [0.4, 0.5) is 5.69 Å². The van der Waals surface area contributed by atoms with E-state index in [1.54, 1.807) is 0 Å². The van der Waals surface area contributed by atoms with Crippen molar-refractivity contribution in [2.75, 3.05) is 0 Å². The molecular formula is C18H14N2. The molecule has 1 aromatic heterocycles. The maximum atomic E-state index is 4.77. The lowest BCUT2D eigenvalue weighted by Crippen LogP contribution is -2.11. The number of nitrogens with one attached hydrogen (secondary N) is 1. The summed E-state index contributed by atoms with van der Waals surface area (Å²) in [5, 5.41) is 6.42. The molecule has 1 N–H and O–H groups in total. The molecule has 0 spiro atoms. The first kappa shape index (κ1) is 10.4. The van der Waals surface area contributed by atoms with E-state index in [-0.39, 0.29) is 0 Å². The van der Waals surface area contributed by atoms with Crippen LogP contribution in [0.15, 0.2) is 41.4 Å². The fourth-order valence-corrected chi connectivity index (χ4v) is 3.60. The molecule has 0 unspecified atom stereocenters. The Morgan fingerprint density at radius 3 is 3.00 bits per heavy atom. The molecule has 2 heteroatoms. The molecule has 2 aliphatic rings. The van der Waals surface area contributed by atoms with Crippen LogP contribution in [0.2, 0.25) is 0 Å². The van der Waals surface area contributed by atoms with Gasteiger partial charge in [0.1, 0.15) is 0 Å². The zero-order chi connectivity index (χ0) is 13.1. The third-order valence-electron chi connectivity index (χ3n) is 4.47. The molecule has 1 aliphatic carbocycles. The summed E-state index contributed by atoms with van der Waals surface area (Å²) in [6.07, 6.45) is 5.94. The van der Waals surface area contributed by atoms with Gasteiger partial charge in [-0.15, -0.1) is 0 Å². The van der Waals surface area contributed by atoms with Gasteiger partial charge in [-0.25, -0.2) is 4.99 Å². The highest BCUT2D eigenvalue weighted by Crippen LogP contribution is 2.28. The molecule has 5 rings (SSSR count). The molecule has 0 saturated heterocycles. The summed E-state index contributed by atoms with van der Waals surface area (Å²) in [4.78, 5) is 8.35. The molecule has 96 valence electrons. The van der Waals surface area contributed by atoms with Crippen molar-refractivity contribution in [1.29, 1.82) is 0 Å². The number of nitrogens with zero attached hydrogens (tertiary/aromatic N) is 1. The highest BCUT2D eigenvalue weighted by Gasteiger charge is 2.15. The van der Waals surface area contributed by atoms with Crippen molar-refractivity contribution < 1.29 is 0 Å². The van der Waals surface area contributed by atoms with Gasteiger partial charge in [0.15, 0.2) is 0 Å². The van der Waals surface area contributed by atoms with Crippen LogP contribution in [0.25, 0.3) is 17.0 Å². The topological polar surface area (TPSA) is 28.1 Å². The standard InChI is InChI=1S/C18H14N2/c1-3-7-13-11(5-1)17-15(19-13)9-10-16-18(17)12-6-2-4-8-14(12)20-16/h1,3,5,7-10,20H,2,4,6H2. The van der Waals surface area contributed by atoms with E-state index in [4.69, 9.17) is 4.99 Å². The van der Waals surface area contributed by atoms with E-state index in [1.165, 1.54) is 51.5 Å². The summed E-state index contributed by atoms with van der Waals surface area (Å²) in [7, 11) is 0. The number of aromatic amines is 1. The third kappa shape index (κ3) is 1.21. The van der Waals surface area contributed by atoms with E-state index in [0.29, 0.717) is 0 Å². The summed E-state index contributed by atoms with van der Waals surface area (Å²) in [6, 6.07) is 12.8. The maximum Gasteiger partial charge on any atom is 0.0724 e. The van der Waals surface area contributed by atoms with Gasteiger partial charge >= 0.3 is 0 Å². The van der Waals surface area contributed by atoms with E-state index in [1.807, 2.05) is 0 Å². The zero-order valence-corrected chi connectivity index (χ0v) is 11.1. The van der Waals surface area contributed by atoms with Crippen LogP contribution in [0.3, 0.4) is 0 Å². The van der Waals surface area contributed by atoms with Crippen LogP contribution in [-0.2, 0) is 6.42 Å². The van der Waals surface area contributed by atoms with Gasteiger partial charge in [0.25, 0.3) is 0 Å². The maximum absolute atomic E-state index is 4.77. The van der Waals surface area contributed by atoms with Gasteiger partial charge in [-0.2, -0.15) is 0 Å². The van der Waals surface area contributed by atoms with Crippen LogP contribution in [0, 0.1) is 10.4 Å². The number of hydrogen-bond donors (Lipinski definition) is 1. The zero-order valence-electron chi connectivity index (χ0n) is 11.1. The Morgan fingerprint density at radius 2 is 2.00 bits per heavy atom. The minimum absolute atomic E-state index is 1.10. The van der Waals surface area contributed by atoms with Crippen LogP contribution in [0.1, 0.15) is 18.4 Å². The molecule has 0 radical (unpaired) electrons. The highest BCUT2D eigenvalue weighted by molar-refractivity contribution is 5.88. The lowest BCUT2D eigenvalue weighted by molar-refractivity contribution is 0.838. The summed E-state index contributed by atoms with van der Waals surface area (Å²) >= 11 is 0. The van der Waals surface area contributed by atoms with Gasteiger partial charge in [-0.05, 0) is 43.0 Å². The number of rotatable bonds is 0. The van der Waals surface area contributed by atoms with Gasteiger partial charge in [-0.1, -0.05) is 24.3 Å². The van der Waals surface area contributed by atoms with Crippen molar-refractivity contribution in [2.24, 2.45) is 4.99 Å². The minimum Gasteiger partial charge on any atom is -0.355 e. The fourth-order valence-electron chi connectivity index (χ4n) is 3.60. The van der Waals surface area contributed by atoms with Crippen LogP contribution in [-0.4, -0.2) is 4.98 Å². The SMILES string of the molecule is C1=c2[nH]c3ccc4c(c3c2CCC1)=c1ccccc1=N4. The summed E-state index contributed by atoms with van der Waals surface area (Å²) in [6.45, 7) is 0. The number of benzene rings is 2. The Labute approximate surface area is 115 Å². The second-order valence-electron chi connectivity index (χ2n) is 5.62. The lowest BCUT2D eigenvalue weighted by atomic mass is 9.99. The second kappa shape index (κ2) is 3.60. The molecule has 3 aromatic rings. The van der Waals surface area contributed by atoms with Crippen molar-refractivity contribution in [3.8, 4) is 0 Å². The summed E-state index contributed by atoms with van der Waals surface area (Å²) in [5.41, 5.74) is 3.85. The van der Waals surface area contributed by atoms with Crippen LogP contribution < -0.4 is 10.7 Å². The van der Waals surface area contributed by atoms with Crippen molar-refractivity contribution >= 4 is 22.7 Å². The molecule has 0 bridgehead atoms. The predicted octanol–water partition coefficient (Wildman–Crippen LogP) is 2.84. The van der Waals surface area contributed by atoms with E-state index < -0.39 is 0 Å². The first-order chi connectivity index (χ1) is 9.92. The summed E-state index contributed by atoms with van der Waals surface area (Å²) in [5.74, 6) is 0. The van der Waals surface area contributed by atoms with Gasteiger partial charge in [0.2, 0.25) is 0 Å². The molecule has 20 heavy (non-hydrogen) atoms. The van der Waals surface area contributed by atoms with Crippen LogP contribution in [0.5, 0.6) is 0 Å². The summed E-state index contributed by atoms with van der Waals surface area (Å²) < 4.78 is 0. The van der Waals surface area contributed by atoms with Gasteiger partial charge in [0, 0.05) is 26.7 Å². The minimum atomic E-state index is 1.10. The van der Waals surface area contributed by atoms with E-state index >= 15 is 0 Å². The Hall–Kier alpha value is -2.35. The molecule has 1 aliphatic heterocycles. The molecule has 0 amide bonds. The number of H-pyrrole nitrogens is 1.